The molecule has 2 rings (SSSR count). The van der Waals surface area contributed by atoms with Crippen molar-refractivity contribution < 1.29 is 14.3 Å². The van der Waals surface area contributed by atoms with Crippen molar-refractivity contribution in [3.63, 3.8) is 0 Å². The van der Waals surface area contributed by atoms with E-state index in [2.05, 4.69) is 0 Å². The van der Waals surface area contributed by atoms with Crippen LogP contribution in [-0.2, 0) is 11.2 Å². The summed E-state index contributed by atoms with van der Waals surface area (Å²) in [5.74, 6) is 0.120. The van der Waals surface area contributed by atoms with Gasteiger partial charge in [0.25, 0.3) is 0 Å². The van der Waals surface area contributed by atoms with E-state index in [1.807, 2.05) is 19.1 Å². The van der Waals surface area contributed by atoms with Gasteiger partial charge in [-0.05, 0) is 31.0 Å². The number of ketones is 1. The number of hydrogen-bond acceptors (Lipinski definition) is 3. The molecule has 1 aromatic carbocycles. The molecule has 78 valence electrons. The van der Waals surface area contributed by atoms with Crippen LogP contribution in [0.15, 0.2) is 18.2 Å². The van der Waals surface area contributed by atoms with E-state index in [1.54, 1.807) is 6.07 Å². The summed E-state index contributed by atoms with van der Waals surface area (Å²) >= 11 is 0. The van der Waals surface area contributed by atoms with Crippen molar-refractivity contribution in [2.24, 2.45) is 5.92 Å². The summed E-state index contributed by atoms with van der Waals surface area (Å²) in [4.78, 5) is 22.3. The molecule has 15 heavy (non-hydrogen) atoms. The van der Waals surface area contributed by atoms with Crippen LogP contribution in [0.2, 0.25) is 0 Å². The fourth-order valence-electron chi connectivity index (χ4n) is 1.86. The molecule has 0 amide bonds. The number of carbonyl (C=O) groups excluding carboxylic acids is 2. The van der Waals surface area contributed by atoms with Crippen LogP contribution in [0.5, 0.6) is 5.75 Å². The molecule has 0 spiro atoms. The van der Waals surface area contributed by atoms with Gasteiger partial charge in [0.2, 0.25) is 0 Å². The van der Waals surface area contributed by atoms with Gasteiger partial charge in [-0.25, -0.2) is 0 Å². The summed E-state index contributed by atoms with van der Waals surface area (Å²) in [6.45, 7) is 2.47. The Hall–Kier alpha value is -1.64. The van der Waals surface area contributed by atoms with Crippen LogP contribution in [0, 0.1) is 5.92 Å². The first-order valence-electron chi connectivity index (χ1n) is 5.01. The minimum atomic E-state index is -0.489. The van der Waals surface area contributed by atoms with Crippen LogP contribution < -0.4 is 4.74 Å². The minimum Gasteiger partial charge on any atom is -0.494 e. The normalized spacial score (nSPS) is 18.7. The molecule has 0 radical (unpaired) electrons. The number of hydrogen-bond donors (Lipinski definition) is 0. The van der Waals surface area contributed by atoms with Gasteiger partial charge in [0, 0.05) is 5.56 Å². The summed E-state index contributed by atoms with van der Waals surface area (Å²) in [6, 6.07) is 5.43. The SMILES string of the molecule is CCOc1ccc2c(c1)C(=O)C(C=O)C2. The Morgan fingerprint density at radius 3 is 3.00 bits per heavy atom. The molecule has 0 aliphatic heterocycles. The van der Waals surface area contributed by atoms with E-state index >= 15 is 0 Å². The lowest BCUT2D eigenvalue weighted by molar-refractivity contribution is -0.109. The lowest BCUT2D eigenvalue weighted by Gasteiger charge is -2.04. The van der Waals surface area contributed by atoms with E-state index in [4.69, 9.17) is 4.74 Å². The maximum atomic E-state index is 11.7. The lowest BCUT2D eigenvalue weighted by Crippen LogP contribution is -2.09. The van der Waals surface area contributed by atoms with Crippen molar-refractivity contribution >= 4 is 12.1 Å². The Kier molecular flexibility index (Phi) is 2.54. The molecule has 1 unspecified atom stereocenters. The average molecular weight is 204 g/mol. The Morgan fingerprint density at radius 2 is 2.33 bits per heavy atom. The smallest absolute Gasteiger partial charge is 0.173 e. The van der Waals surface area contributed by atoms with Crippen molar-refractivity contribution in [1.29, 1.82) is 0 Å². The third kappa shape index (κ3) is 1.65. The third-order valence-corrected chi connectivity index (χ3v) is 2.60. The number of Topliss-reactive ketones (excluding diaryl/α,β-unsaturated/α-hetero) is 1. The topological polar surface area (TPSA) is 43.4 Å². The summed E-state index contributed by atoms with van der Waals surface area (Å²) in [7, 11) is 0. The zero-order valence-corrected chi connectivity index (χ0v) is 8.53. The monoisotopic (exact) mass is 204 g/mol. The summed E-state index contributed by atoms with van der Waals surface area (Å²) in [5, 5.41) is 0. The molecule has 1 atom stereocenters. The third-order valence-electron chi connectivity index (χ3n) is 2.60. The molecule has 1 aliphatic carbocycles. The molecule has 0 saturated carbocycles. The van der Waals surface area contributed by atoms with Gasteiger partial charge in [0.05, 0.1) is 12.5 Å². The largest absolute Gasteiger partial charge is 0.494 e. The number of ether oxygens (including phenoxy) is 1. The van der Waals surface area contributed by atoms with Gasteiger partial charge in [0.15, 0.2) is 5.78 Å². The van der Waals surface area contributed by atoms with Crippen molar-refractivity contribution in [1.82, 2.24) is 0 Å². The van der Waals surface area contributed by atoms with E-state index in [0.29, 0.717) is 24.3 Å². The minimum absolute atomic E-state index is 0.0819. The summed E-state index contributed by atoms with van der Waals surface area (Å²) in [6.07, 6.45) is 1.26. The van der Waals surface area contributed by atoms with Crippen molar-refractivity contribution in [2.75, 3.05) is 6.61 Å². The lowest BCUT2D eigenvalue weighted by atomic mass is 10.1. The molecule has 3 heteroatoms. The second-order valence-electron chi connectivity index (χ2n) is 3.56. The highest BCUT2D eigenvalue weighted by atomic mass is 16.5. The quantitative estimate of drug-likeness (QED) is 0.555. The second-order valence-corrected chi connectivity index (χ2v) is 3.56. The highest BCUT2D eigenvalue weighted by Gasteiger charge is 2.30. The summed E-state index contributed by atoms with van der Waals surface area (Å²) in [5.41, 5.74) is 1.58. The molecule has 1 aromatic rings. The van der Waals surface area contributed by atoms with E-state index in [9.17, 15) is 9.59 Å². The van der Waals surface area contributed by atoms with E-state index < -0.39 is 5.92 Å². The fraction of sp³-hybridized carbons (Fsp3) is 0.333. The second kappa shape index (κ2) is 3.85. The van der Waals surface area contributed by atoms with E-state index in [1.165, 1.54) is 0 Å². The van der Waals surface area contributed by atoms with Gasteiger partial charge in [-0.2, -0.15) is 0 Å². The summed E-state index contributed by atoms with van der Waals surface area (Å²) < 4.78 is 5.31. The van der Waals surface area contributed by atoms with Gasteiger partial charge in [-0.3, -0.25) is 4.79 Å². The first-order chi connectivity index (χ1) is 7.26. The number of fused-ring (bicyclic) bond motifs is 1. The highest BCUT2D eigenvalue weighted by molar-refractivity contribution is 6.09. The van der Waals surface area contributed by atoms with Gasteiger partial charge >= 0.3 is 0 Å². The van der Waals surface area contributed by atoms with Crippen LogP contribution >= 0.6 is 0 Å². The molecule has 1 aliphatic rings. The van der Waals surface area contributed by atoms with Gasteiger partial charge in [0.1, 0.15) is 12.0 Å². The van der Waals surface area contributed by atoms with Crippen LogP contribution in [0.4, 0.5) is 0 Å². The van der Waals surface area contributed by atoms with Crippen LogP contribution in [0.25, 0.3) is 0 Å². The van der Waals surface area contributed by atoms with Gasteiger partial charge in [-0.1, -0.05) is 6.07 Å². The molecule has 0 N–H and O–H groups in total. The molecule has 0 fully saturated rings. The molecular formula is C12H12O3. The Labute approximate surface area is 88.1 Å². The number of carbonyl (C=O) groups is 2. The Balaban J connectivity index is 2.35. The van der Waals surface area contributed by atoms with Crippen molar-refractivity contribution in [3.05, 3.63) is 29.3 Å². The van der Waals surface area contributed by atoms with Crippen LogP contribution in [0.3, 0.4) is 0 Å². The number of aldehydes is 1. The van der Waals surface area contributed by atoms with Crippen molar-refractivity contribution in [3.8, 4) is 5.75 Å². The fourth-order valence-corrected chi connectivity index (χ4v) is 1.86. The maximum Gasteiger partial charge on any atom is 0.173 e. The highest BCUT2D eigenvalue weighted by Crippen LogP contribution is 2.28. The molecule has 0 heterocycles. The Bertz CT molecular complexity index is 409. The van der Waals surface area contributed by atoms with Crippen molar-refractivity contribution in [2.45, 2.75) is 13.3 Å². The zero-order chi connectivity index (χ0) is 10.8. The van der Waals surface area contributed by atoms with E-state index in [-0.39, 0.29) is 5.78 Å². The zero-order valence-electron chi connectivity index (χ0n) is 8.53. The van der Waals surface area contributed by atoms with E-state index in [0.717, 1.165) is 11.8 Å². The van der Waals surface area contributed by atoms with Crippen LogP contribution in [0.1, 0.15) is 22.8 Å². The Morgan fingerprint density at radius 1 is 1.53 bits per heavy atom. The predicted octanol–water partition coefficient (Wildman–Crippen LogP) is 1.64. The first-order valence-corrected chi connectivity index (χ1v) is 5.01. The molecule has 0 bridgehead atoms. The number of rotatable bonds is 3. The molecule has 0 saturated heterocycles. The molecule has 3 nitrogen and oxygen atoms in total. The number of benzene rings is 1. The maximum absolute atomic E-state index is 11.7. The van der Waals surface area contributed by atoms with Crippen LogP contribution in [-0.4, -0.2) is 18.7 Å². The molecule has 0 aromatic heterocycles. The first kappa shape index (κ1) is 9.90. The average Bonchev–Trinajstić information content (AvgIpc) is 2.56. The predicted molar refractivity (Wildman–Crippen MR) is 55.2 cm³/mol. The van der Waals surface area contributed by atoms with Gasteiger partial charge in [-0.15, -0.1) is 0 Å². The van der Waals surface area contributed by atoms with Gasteiger partial charge < -0.3 is 9.53 Å². The standard InChI is InChI=1S/C12H12O3/c1-2-15-10-4-3-8-5-9(7-13)12(14)11(8)6-10/h3-4,6-7,9H,2,5H2,1H3. The molecular weight excluding hydrogens is 192 g/mol.